The molecule has 2 aromatic rings. The van der Waals surface area contributed by atoms with Crippen LogP contribution in [-0.2, 0) is 0 Å². The van der Waals surface area contributed by atoms with E-state index in [4.69, 9.17) is 9.47 Å². The van der Waals surface area contributed by atoms with Gasteiger partial charge in [0, 0.05) is 11.1 Å². The van der Waals surface area contributed by atoms with Gasteiger partial charge in [0.2, 0.25) is 6.10 Å². The molecular weight excluding hydrogens is 317 g/mol. The first-order valence-corrected chi connectivity index (χ1v) is 7.56. The van der Waals surface area contributed by atoms with Crippen LogP contribution in [0.2, 0.25) is 0 Å². The molecule has 24 heavy (non-hydrogen) atoms. The fourth-order valence-electron chi connectivity index (χ4n) is 2.70. The van der Waals surface area contributed by atoms with E-state index in [9.17, 15) is 13.2 Å². The van der Waals surface area contributed by atoms with Gasteiger partial charge < -0.3 is 9.47 Å². The van der Waals surface area contributed by atoms with Gasteiger partial charge in [-0.1, -0.05) is 24.3 Å². The zero-order chi connectivity index (χ0) is 17.5. The molecule has 0 amide bonds. The van der Waals surface area contributed by atoms with Crippen molar-refractivity contribution in [2.75, 3.05) is 0 Å². The van der Waals surface area contributed by atoms with Gasteiger partial charge in [-0.15, -0.1) is 0 Å². The summed E-state index contributed by atoms with van der Waals surface area (Å²) in [5.74, 6) is 1.41. The van der Waals surface area contributed by atoms with E-state index in [0.717, 1.165) is 17.2 Å². The van der Waals surface area contributed by atoms with Gasteiger partial charge in [-0.3, -0.25) is 0 Å². The zero-order valence-electron chi connectivity index (χ0n) is 13.6. The van der Waals surface area contributed by atoms with Crippen molar-refractivity contribution in [2.45, 2.75) is 33.1 Å². The Labute approximate surface area is 138 Å². The van der Waals surface area contributed by atoms with Crippen LogP contribution in [0.4, 0.5) is 13.2 Å². The summed E-state index contributed by atoms with van der Waals surface area (Å²) in [7, 11) is 0. The summed E-state index contributed by atoms with van der Waals surface area (Å²) >= 11 is 0. The first-order valence-electron chi connectivity index (χ1n) is 7.56. The average Bonchev–Trinajstić information content (AvgIpc) is 2.52. The molecule has 1 atom stereocenters. The highest BCUT2D eigenvalue weighted by Crippen LogP contribution is 2.40. The normalized spacial score (nSPS) is 16.5. The molecule has 0 saturated carbocycles. The summed E-state index contributed by atoms with van der Waals surface area (Å²) in [4.78, 5) is 0. The molecule has 0 radical (unpaired) electrons. The molecule has 0 aromatic heterocycles. The van der Waals surface area contributed by atoms with Gasteiger partial charge >= 0.3 is 6.18 Å². The van der Waals surface area contributed by atoms with Crippen molar-refractivity contribution < 1.29 is 22.6 Å². The van der Waals surface area contributed by atoms with Crippen molar-refractivity contribution in [3.8, 4) is 17.2 Å². The predicted octanol–water partition coefficient (Wildman–Crippen LogP) is 5.74. The lowest BCUT2D eigenvalue weighted by Gasteiger charge is -2.25. The van der Waals surface area contributed by atoms with E-state index >= 15 is 0 Å². The molecule has 2 aromatic carbocycles. The summed E-state index contributed by atoms with van der Waals surface area (Å²) in [5, 5.41) is 0. The molecule has 2 nitrogen and oxygen atoms in total. The van der Waals surface area contributed by atoms with Gasteiger partial charge in [0.25, 0.3) is 0 Å². The lowest BCUT2D eigenvalue weighted by Crippen LogP contribution is -2.34. The first kappa shape index (κ1) is 16.4. The third-order valence-corrected chi connectivity index (χ3v) is 4.03. The van der Waals surface area contributed by atoms with Gasteiger partial charge in [-0.05, 0) is 50.1 Å². The minimum absolute atomic E-state index is 0.212. The molecule has 0 N–H and O–H groups in total. The molecule has 0 aliphatic carbocycles. The Morgan fingerprint density at radius 3 is 2.29 bits per heavy atom. The number of para-hydroxylation sites is 1. The number of hydrogen-bond acceptors (Lipinski definition) is 2. The van der Waals surface area contributed by atoms with Crippen molar-refractivity contribution in [3.05, 3.63) is 58.7 Å². The quantitative estimate of drug-likeness (QED) is 0.697. The van der Waals surface area contributed by atoms with E-state index in [1.54, 1.807) is 19.1 Å². The maximum absolute atomic E-state index is 12.9. The van der Waals surface area contributed by atoms with Gasteiger partial charge in [-0.25, -0.2) is 0 Å². The number of fused-ring (bicyclic) bond motifs is 1. The molecule has 5 heteroatoms. The minimum Gasteiger partial charge on any atom is -0.476 e. The highest BCUT2D eigenvalue weighted by atomic mass is 19.4. The van der Waals surface area contributed by atoms with E-state index in [1.165, 1.54) is 6.08 Å². The maximum Gasteiger partial charge on any atom is 0.429 e. The number of aryl methyl sites for hydroxylation is 2. The second-order valence-corrected chi connectivity index (χ2v) is 5.87. The highest BCUT2D eigenvalue weighted by Gasteiger charge is 2.41. The summed E-state index contributed by atoms with van der Waals surface area (Å²) in [5.41, 5.74) is 3.08. The molecule has 0 saturated heterocycles. The van der Waals surface area contributed by atoms with E-state index < -0.39 is 12.3 Å². The van der Waals surface area contributed by atoms with Gasteiger partial charge in [0.1, 0.15) is 17.2 Å². The number of hydrogen-bond donors (Lipinski definition) is 0. The van der Waals surface area contributed by atoms with Crippen LogP contribution in [0.3, 0.4) is 0 Å². The summed E-state index contributed by atoms with van der Waals surface area (Å²) in [6.45, 7) is 5.55. The van der Waals surface area contributed by atoms with Gasteiger partial charge in [-0.2, -0.15) is 13.2 Å². The summed E-state index contributed by atoms with van der Waals surface area (Å²) in [6.07, 6.45) is -3.91. The second kappa shape index (κ2) is 5.89. The Hall–Kier alpha value is -2.43. The lowest BCUT2D eigenvalue weighted by atomic mass is 10.0. The number of rotatable bonds is 2. The minimum atomic E-state index is -4.44. The molecule has 126 valence electrons. The molecule has 1 aliphatic heterocycles. The van der Waals surface area contributed by atoms with E-state index in [0.29, 0.717) is 22.6 Å². The molecule has 0 spiro atoms. The molecule has 0 fully saturated rings. The van der Waals surface area contributed by atoms with Crippen molar-refractivity contribution in [2.24, 2.45) is 0 Å². The highest BCUT2D eigenvalue weighted by molar-refractivity contribution is 5.65. The van der Waals surface area contributed by atoms with E-state index in [2.05, 4.69) is 0 Å². The van der Waals surface area contributed by atoms with Crippen LogP contribution >= 0.6 is 0 Å². The Morgan fingerprint density at radius 1 is 1.00 bits per heavy atom. The maximum atomic E-state index is 12.9. The van der Waals surface area contributed by atoms with Crippen LogP contribution in [0.1, 0.15) is 22.3 Å². The number of alkyl halides is 3. The van der Waals surface area contributed by atoms with E-state index in [-0.39, 0.29) is 5.75 Å². The fourth-order valence-corrected chi connectivity index (χ4v) is 2.70. The van der Waals surface area contributed by atoms with Crippen LogP contribution in [0.5, 0.6) is 17.2 Å². The molecule has 1 aliphatic rings. The molecule has 1 heterocycles. The topological polar surface area (TPSA) is 18.5 Å². The summed E-state index contributed by atoms with van der Waals surface area (Å²) < 4.78 is 49.9. The number of halogens is 3. The smallest absolute Gasteiger partial charge is 0.429 e. The molecule has 1 unspecified atom stereocenters. The molecule has 3 rings (SSSR count). The van der Waals surface area contributed by atoms with Crippen LogP contribution < -0.4 is 9.47 Å². The monoisotopic (exact) mass is 334 g/mol. The van der Waals surface area contributed by atoms with Crippen LogP contribution in [-0.4, -0.2) is 12.3 Å². The Kier molecular flexibility index (Phi) is 4.03. The van der Waals surface area contributed by atoms with Crippen LogP contribution in [0, 0.1) is 20.8 Å². The largest absolute Gasteiger partial charge is 0.476 e. The third-order valence-electron chi connectivity index (χ3n) is 4.03. The lowest BCUT2D eigenvalue weighted by molar-refractivity contribution is -0.180. The van der Waals surface area contributed by atoms with Crippen molar-refractivity contribution in [1.82, 2.24) is 0 Å². The summed E-state index contributed by atoms with van der Waals surface area (Å²) in [6, 6.07) is 9.24. The SMILES string of the molecule is Cc1cccc(C)c1Oc1ccc2c(c1C)OC(C(F)(F)F)C=C2. The van der Waals surface area contributed by atoms with Crippen molar-refractivity contribution >= 4 is 6.08 Å². The average molecular weight is 334 g/mol. The van der Waals surface area contributed by atoms with Crippen molar-refractivity contribution in [3.63, 3.8) is 0 Å². The number of benzene rings is 2. The third kappa shape index (κ3) is 2.98. The second-order valence-electron chi connectivity index (χ2n) is 5.87. The number of ether oxygens (including phenoxy) is 2. The standard InChI is InChI=1S/C19H17F3O2/c1-11-5-4-6-12(2)17(11)23-15-9-7-14-8-10-16(19(20,21)22)24-18(14)13(15)3/h4-10,16H,1-3H3. The fraction of sp³-hybridized carbons (Fsp3) is 0.263. The first-order chi connectivity index (χ1) is 11.3. The Balaban J connectivity index is 1.98. The van der Waals surface area contributed by atoms with Crippen molar-refractivity contribution in [1.29, 1.82) is 0 Å². The predicted molar refractivity (Wildman–Crippen MR) is 86.7 cm³/mol. The van der Waals surface area contributed by atoms with Gasteiger partial charge in [0.15, 0.2) is 0 Å². The Morgan fingerprint density at radius 2 is 1.67 bits per heavy atom. The zero-order valence-corrected chi connectivity index (χ0v) is 13.6. The van der Waals surface area contributed by atoms with Crippen LogP contribution in [0.25, 0.3) is 6.08 Å². The van der Waals surface area contributed by atoms with Crippen LogP contribution in [0.15, 0.2) is 36.4 Å². The Bertz CT molecular complexity index is 787. The van der Waals surface area contributed by atoms with E-state index in [1.807, 2.05) is 32.0 Å². The molecular formula is C19H17F3O2. The van der Waals surface area contributed by atoms with Gasteiger partial charge in [0.05, 0.1) is 0 Å². The molecule has 0 bridgehead atoms.